The van der Waals surface area contributed by atoms with Crippen LogP contribution < -0.4 is 0 Å². The lowest BCUT2D eigenvalue weighted by atomic mass is 9.88. The summed E-state index contributed by atoms with van der Waals surface area (Å²) in [4.78, 5) is 1.50. The van der Waals surface area contributed by atoms with Crippen molar-refractivity contribution in [2.45, 2.75) is 32.1 Å². The summed E-state index contributed by atoms with van der Waals surface area (Å²) in [6, 6.07) is 9.18. The fraction of sp³-hybridized carbons (Fsp3) is 0.571. The Balaban J connectivity index is 2.82. The maximum Gasteiger partial charge on any atom is -0.0106 e. The Morgan fingerprint density at radius 1 is 0.933 bits per heavy atom. The predicted octanol–water partition coefficient (Wildman–Crippen LogP) is 4.33. The van der Waals surface area contributed by atoms with Gasteiger partial charge in [0.2, 0.25) is 0 Å². The van der Waals surface area contributed by atoms with E-state index in [1.54, 1.807) is 0 Å². The van der Waals surface area contributed by atoms with Crippen molar-refractivity contribution in [1.29, 1.82) is 0 Å². The van der Waals surface area contributed by atoms with Crippen LogP contribution in [-0.4, -0.2) is 18.8 Å². The molecule has 0 bridgehead atoms. The summed E-state index contributed by atoms with van der Waals surface area (Å²) in [6.45, 7) is 6.86. The van der Waals surface area contributed by atoms with E-state index in [2.05, 4.69) is 63.8 Å². The first-order valence-electron chi connectivity index (χ1n) is 5.46. The van der Waals surface area contributed by atoms with E-state index in [9.17, 15) is 0 Å². The van der Waals surface area contributed by atoms with Crippen molar-refractivity contribution >= 4 is 10.0 Å². The first-order valence-corrected chi connectivity index (χ1v) is 8.32. The average Bonchev–Trinajstić information content (AvgIpc) is 2.00. The Hall–Kier alpha value is -0.430. The fourth-order valence-electron chi connectivity index (χ4n) is 1.63. The zero-order chi connectivity index (χ0) is 11.7. The van der Waals surface area contributed by atoms with E-state index in [0.29, 0.717) is 5.41 Å². The summed E-state index contributed by atoms with van der Waals surface area (Å²) in [7, 11) is -0.563. The van der Waals surface area contributed by atoms with E-state index < -0.39 is 10.0 Å². The van der Waals surface area contributed by atoms with Gasteiger partial charge in [-0.15, -0.1) is 0 Å². The molecule has 0 atom stereocenters. The fourth-order valence-corrected chi connectivity index (χ4v) is 2.58. The first kappa shape index (κ1) is 12.6. The van der Waals surface area contributed by atoms with Gasteiger partial charge in [-0.05, 0) is 53.2 Å². The standard InChI is InChI=1S/C14H24S/c1-14(2,3)11-12-7-9-13(10-8-12)15(4,5)6/h7-10H,11H2,1-6H3. The molecule has 86 valence electrons. The summed E-state index contributed by atoms with van der Waals surface area (Å²) < 4.78 is 0. The lowest BCUT2D eigenvalue weighted by Crippen LogP contribution is -2.09. The van der Waals surface area contributed by atoms with Crippen LogP contribution in [-0.2, 0) is 6.42 Å². The second-order valence-electron chi connectivity index (χ2n) is 6.22. The minimum atomic E-state index is -0.563. The van der Waals surface area contributed by atoms with Crippen LogP contribution in [0, 0.1) is 5.41 Å². The molecule has 0 saturated carbocycles. The highest BCUT2D eigenvalue weighted by molar-refractivity contribution is 8.32. The van der Waals surface area contributed by atoms with Gasteiger partial charge in [-0.25, -0.2) is 10.0 Å². The second-order valence-corrected chi connectivity index (χ2v) is 10.4. The van der Waals surface area contributed by atoms with Crippen LogP contribution in [0.1, 0.15) is 26.3 Å². The number of hydrogen-bond donors (Lipinski definition) is 0. The second kappa shape index (κ2) is 4.21. The monoisotopic (exact) mass is 224 g/mol. The molecule has 0 radical (unpaired) electrons. The molecule has 0 saturated heterocycles. The smallest absolute Gasteiger partial charge is 0.0106 e. The molecular weight excluding hydrogens is 200 g/mol. The Kier molecular flexibility index (Phi) is 3.55. The highest BCUT2D eigenvalue weighted by Crippen LogP contribution is 2.44. The Labute approximate surface area is 96.4 Å². The van der Waals surface area contributed by atoms with Crippen molar-refractivity contribution in [2.75, 3.05) is 18.8 Å². The van der Waals surface area contributed by atoms with Crippen LogP contribution in [0.15, 0.2) is 29.2 Å². The van der Waals surface area contributed by atoms with Crippen molar-refractivity contribution in [3.63, 3.8) is 0 Å². The van der Waals surface area contributed by atoms with Gasteiger partial charge in [0.15, 0.2) is 0 Å². The van der Waals surface area contributed by atoms with Gasteiger partial charge in [0.25, 0.3) is 0 Å². The lowest BCUT2D eigenvalue weighted by molar-refractivity contribution is 0.411. The summed E-state index contributed by atoms with van der Waals surface area (Å²) in [6.07, 6.45) is 8.18. The number of hydrogen-bond acceptors (Lipinski definition) is 0. The summed E-state index contributed by atoms with van der Waals surface area (Å²) in [5, 5.41) is 0. The molecule has 1 aromatic carbocycles. The van der Waals surface area contributed by atoms with Crippen LogP contribution in [0.3, 0.4) is 0 Å². The average molecular weight is 224 g/mol. The molecule has 1 heteroatoms. The van der Waals surface area contributed by atoms with Crippen LogP contribution in [0.25, 0.3) is 0 Å². The molecule has 0 aliphatic rings. The highest BCUT2D eigenvalue weighted by atomic mass is 32.3. The summed E-state index contributed by atoms with van der Waals surface area (Å²) in [5.74, 6) is 0. The third kappa shape index (κ3) is 4.29. The number of rotatable bonds is 2. The topological polar surface area (TPSA) is 0 Å². The van der Waals surface area contributed by atoms with Gasteiger partial charge in [-0.1, -0.05) is 32.9 Å². The quantitative estimate of drug-likeness (QED) is 0.701. The van der Waals surface area contributed by atoms with Crippen LogP contribution in [0.2, 0.25) is 0 Å². The van der Waals surface area contributed by atoms with Gasteiger partial charge < -0.3 is 0 Å². The summed E-state index contributed by atoms with van der Waals surface area (Å²) in [5.41, 5.74) is 1.84. The van der Waals surface area contributed by atoms with E-state index in [0.717, 1.165) is 6.42 Å². The largest absolute Gasteiger partial charge is 0.223 e. The third-order valence-electron chi connectivity index (χ3n) is 2.36. The Morgan fingerprint density at radius 2 is 1.40 bits per heavy atom. The van der Waals surface area contributed by atoms with Gasteiger partial charge in [-0.3, -0.25) is 0 Å². The minimum Gasteiger partial charge on any atom is -0.223 e. The van der Waals surface area contributed by atoms with Crippen LogP contribution >= 0.6 is 10.0 Å². The van der Waals surface area contributed by atoms with E-state index in [-0.39, 0.29) is 0 Å². The molecule has 0 heterocycles. The Morgan fingerprint density at radius 3 is 1.73 bits per heavy atom. The van der Waals surface area contributed by atoms with Gasteiger partial charge in [0.05, 0.1) is 0 Å². The van der Waals surface area contributed by atoms with Crippen LogP contribution in [0.4, 0.5) is 0 Å². The molecule has 0 nitrogen and oxygen atoms in total. The van der Waals surface area contributed by atoms with Crippen molar-refractivity contribution in [2.24, 2.45) is 5.41 Å². The molecule has 0 amide bonds. The van der Waals surface area contributed by atoms with Crippen molar-refractivity contribution in [3.8, 4) is 0 Å². The molecule has 0 aromatic heterocycles. The number of benzene rings is 1. The zero-order valence-corrected chi connectivity index (χ0v) is 11.7. The molecule has 0 aliphatic carbocycles. The van der Waals surface area contributed by atoms with Gasteiger partial charge >= 0.3 is 0 Å². The van der Waals surface area contributed by atoms with Crippen molar-refractivity contribution in [3.05, 3.63) is 29.8 Å². The highest BCUT2D eigenvalue weighted by Gasteiger charge is 2.12. The Bertz CT molecular complexity index is 309. The van der Waals surface area contributed by atoms with E-state index in [1.165, 1.54) is 10.5 Å². The third-order valence-corrected chi connectivity index (χ3v) is 4.05. The maximum absolute atomic E-state index is 2.34. The van der Waals surface area contributed by atoms with Crippen LogP contribution in [0.5, 0.6) is 0 Å². The normalized spacial score (nSPS) is 14.0. The summed E-state index contributed by atoms with van der Waals surface area (Å²) >= 11 is 0. The molecule has 15 heavy (non-hydrogen) atoms. The SMILES string of the molecule is CC(C)(C)Cc1ccc(S(C)(C)C)cc1. The molecule has 0 aliphatic heterocycles. The van der Waals surface area contributed by atoms with E-state index in [1.807, 2.05) is 0 Å². The molecule has 0 spiro atoms. The van der Waals surface area contributed by atoms with E-state index >= 15 is 0 Å². The maximum atomic E-state index is 2.34. The van der Waals surface area contributed by atoms with Crippen molar-refractivity contribution < 1.29 is 0 Å². The molecule has 0 fully saturated rings. The van der Waals surface area contributed by atoms with Gasteiger partial charge in [0, 0.05) is 0 Å². The first-order chi connectivity index (χ1) is 6.68. The molecular formula is C14H24S. The molecule has 0 unspecified atom stereocenters. The zero-order valence-electron chi connectivity index (χ0n) is 10.9. The van der Waals surface area contributed by atoms with E-state index in [4.69, 9.17) is 0 Å². The molecule has 1 rings (SSSR count). The lowest BCUT2D eigenvalue weighted by Gasteiger charge is -2.26. The predicted molar refractivity (Wildman–Crippen MR) is 73.2 cm³/mol. The van der Waals surface area contributed by atoms with Gasteiger partial charge in [-0.2, -0.15) is 0 Å². The molecule has 0 N–H and O–H groups in total. The minimum absolute atomic E-state index is 0.385. The molecule has 1 aromatic rings. The van der Waals surface area contributed by atoms with Crippen molar-refractivity contribution in [1.82, 2.24) is 0 Å². The van der Waals surface area contributed by atoms with Gasteiger partial charge in [0.1, 0.15) is 0 Å².